The standard InChI is InChI=1S/C23H25ClN4O4/c1-11(2)16-9-28(3)21(30)14-5-4-12(6-15(14)16)19-17(24)8-25-23(27-19)26-18-7-13-10-31-22(32-13)20(18)29/h4-6,8-9,11,13,18,20,22,29H,7,10H2,1-3H3,(H,25,26,27)/t13-,18+,20-,22+/m0/s1. The molecule has 0 radical (unpaired) electrons. The van der Waals surface area contributed by atoms with Crippen LogP contribution in [0.25, 0.3) is 22.0 Å². The van der Waals surface area contributed by atoms with Gasteiger partial charge in [-0.05, 0) is 35.4 Å². The normalized spacial score (nSPS) is 24.9. The number of hydrogen-bond acceptors (Lipinski definition) is 7. The monoisotopic (exact) mass is 456 g/mol. The van der Waals surface area contributed by atoms with Crippen molar-refractivity contribution in [1.29, 1.82) is 0 Å². The van der Waals surface area contributed by atoms with E-state index in [1.54, 1.807) is 17.8 Å². The lowest BCUT2D eigenvalue weighted by Crippen LogP contribution is -2.48. The molecule has 32 heavy (non-hydrogen) atoms. The minimum Gasteiger partial charge on any atom is -0.386 e. The zero-order valence-corrected chi connectivity index (χ0v) is 18.8. The maximum absolute atomic E-state index is 12.6. The molecule has 2 aliphatic rings. The molecule has 4 heterocycles. The van der Waals surface area contributed by atoms with E-state index in [2.05, 4.69) is 29.1 Å². The number of aliphatic hydroxyl groups excluding tert-OH is 1. The van der Waals surface area contributed by atoms with Crippen LogP contribution in [0.15, 0.2) is 35.4 Å². The molecule has 0 spiro atoms. The fraction of sp³-hybridized carbons (Fsp3) is 0.435. The highest BCUT2D eigenvalue weighted by atomic mass is 35.5. The van der Waals surface area contributed by atoms with Crippen molar-refractivity contribution in [2.24, 2.45) is 7.05 Å². The second-order valence-electron chi connectivity index (χ2n) is 8.74. The first kappa shape index (κ1) is 21.3. The minimum absolute atomic E-state index is 0.0440. The van der Waals surface area contributed by atoms with Gasteiger partial charge in [-0.2, -0.15) is 0 Å². The largest absolute Gasteiger partial charge is 0.386 e. The fourth-order valence-electron chi connectivity index (χ4n) is 4.44. The van der Waals surface area contributed by atoms with Crippen LogP contribution >= 0.6 is 11.6 Å². The Bertz CT molecular complexity index is 1240. The van der Waals surface area contributed by atoms with Gasteiger partial charge in [-0.15, -0.1) is 0 Å². The van der Waals surface area contributed by atoms with E-state index >= 15 is 0 Å². The van der Waals surface area contributed by atoms with Gasteiger partial charge in [0, 0.05) is 24.2 Å². The molecule has 3 aromatic rings. The molecule has 2 saturated heterocycles. The van der Waals surface area contributed by atoms with Crippen molar-refractivity contribution in [3.63, 3.8) is 0 Å². The average molecular weight is 457 g/mol. The Balaban J connectivity index is 1.53. The van der Waals surface area contributed by atoms with E-state index in [0.29, 0.717) is 35.1 Å². The summed E-state index contributed by atoms with van der Waals surface area (Å²) in [5, 5.41) is 15.6. The van der Waals surface area contributed by atoms with Gasteiger partial charge in [-0.25, -0.2) is 9.97 Å². The summed E-state index contributed by atoms with van der Waals surface area (Å²) in [5.74, 6) is 0.605. The molecule has 9 heteroatoms. The molecule has 4 atom stereocenters. The predicted octanol–water partition coefficient (Wildman–Crippen LogP) is 3.06. The Hall–Kier alpha value is -2.52. The molecule has 2 aliphatic heterocycles. The van der Waals surface area contributed by atoms with Gasteiger partial charge >= 0.3 is 0 Å². The smallest absolute Gasteiger partial charge is 0.258 e. The van der Waals surface area contributed by atoms with Crippen LogP contribution in [0.5, 0.6) is 0 Å². The molecule has 0 aliphatic carbocycles. The molecule has 0 amide bonds. The van der Waals surface area contributed by atoms with Gasteiger partial charge in [0.1, 0.15) is 6.10 Å². The zero-order chi connectivity index (χ0) is 22.6. The van der Waals surface area contributed by atoms with E-state index in [9.17, 15) is 9.90 Å². The topological polar surface area (TPSA) is 98.5 Å². The van der Waals surface area contributed by atoms with Gasteiger partial charge in [0.05, 0.1) is 35.7 Å². The number of benzene rings is 1. The number of aryl methyl sites for hydroxylation is 1. The van der Waals surface area contributed by atoms with Crippen molar-refractivity contribution in [1.82, 2.24) is 14.5 Å². The average Bonchev–Trinajstić information content (AvgIpc) is 3.19. The highest BCUT2D eigenvalue weighted by molar-refractivity contribution is 6.33. The minimum atomic E-state index is -0.818. The first-order valence-electron chi connectivity index (χ1n) is 10.7. The number of anilines is 1. The quantitative estimate of drug-likeness (QED) is 0.622. The summed E-state index contributed by atoms with van der Waals surface area (Å²) in [7, 11) is 1.77. The number of rotatable bonds is 4. The third-order valence-corrected chi connectivity index (χ3v) is 6.43. The number of aromatic nitrogens is 3. The molecule has 0 unspecified atom stereocenters. The Kier molecular flexibility index (Phi) is 5.41. The fourth-order valence-corrected chi connectivity index (χ4v) is 4.64. The number of hydrogen-bond donors (Lipinski definition) is 2. The van der Waals surface area contributed by atoms with E-state index in [1.807, 2.05) is 24.4 Å². The summed E-state index contributed by atoms with van der Waals surface area (Å²) < 4.78 is 12.7. The lowest BCUT2D eigenvalue weighted by molar-refractivity contribution is -0.156. The van der Waals surface area contributed by atoms with Crippen LogP contribution in [-0.4, -0.2) is 50.8 Å². The van der Waals surface area contributed by atoms with Crippen molar-refractivity contribution < 1.29 is 14.6 Å². The van der Waals surface area contributed by atoms with E-state index in [4.69, 9.17) is 21.1 Å². The van der Waals surface area contributed by atoms with Crippen LogP contribution < -0.4 is 10.9 Å². The summed E-state index contributed by atoms with van der Waals surface area (Å²) >= 11 is 6.46. The SMILES string of the molecule is CC(C)c1cn(C)c(=O)c2ccc(-c3nc(N[C@@H]4C[C@H]5CO[C@H](O5)[C@H]4O)ncc3Cl)cc12. The molecular weight excluding hydrogens is 432 g/mol. The first-order chi connectivity index (χ1) is 15.3. The lowest BCUT2D eigenvalue weighted by Gasteiger charge is -2.32. The maximum Gasteiger partial charge on any atom is 0.258 e. The molecule has 2 aromatic heterocycles. The molecule has 0 saturated carbocycles. The predicted molar refractivity (Wildman–Crippen MR) is 122 cm³/mol. The van der Waals surface area contributed by atoms with Crippen LogP contribution in [0, 0.1) is 0 Å². The Labute approximate surface area is 190 Å². The van der Waals surface area contributed by atoms with Crippen LogP contribution in [0.2, 0.25) is 5.02 Å². The van der Waals surface area contributed by atoms with Crippen molar-refractivity contribution in [2.75, 3.05) is 11.9 Å². The maximum atomic E-state index is 12.6. The molecule has 168 valence electrons. The van der Waals surface area contributed by atoms with Gasteiger partial charge in [-0.3, -0.25) is 4.79 Å². The molecule has 1 aromatic carbocycles. The molecular formula is C23H25ClN4O4. The molecule has 5 rings (SSSR count). The van der Waals surface area contributed by atoms with E-state index < -0.39 is 12.4 Å². The number of fused-ring (bicyclic) bond motifs is 3. The summed E-state index contributed by atoms with van der Waals surface area (Å²) in [6.07, 6.45) is 2.52. The van der Waals surface area contributed by atoms with E-state index in [1.165, 1.54) is 0 Å². The number of halogens is 1. The number of ether oxygens (including phenoxy) is 2. The zero-order valence-electron chi connectivity index (χ0n) is 18.1. The summed E-state index contributed by atoms with van der Waals surface area (Å²) in [4.78, 5) is 21.6. The van der Waals surface area contributed by atoms with Gasteiger partial charge in [0.15, 0.2) is 6.29 Å². The molecule has 2 N–H and O–H groups in total. The molecule has 2 bridgehead atoms. The van der Waals surface area contributed by atoms with Gasteiger partial charge in [0.25, 0.3) is 5.56 Å². The summed E-state index contributed by atoms with van der Waals surface area (Å²) in [5.41, 5.74) is 2.38. The lowest BCUT2D eigenvalue weighted by atomic mass is 9.96. The van der Waals surface area contributed by atoms with Crippen LogP contribution in [0.1, 0.15) is 31.7 Å². The second kappa shape index (κ2) is 8.12. The number of aliphatic hydroxyl groups is 1. The molecule has 2 fully saturated rings. The third kappa shape index (κ3) is 3.67. The highest BCUT2D eigenvalue weighted by Gasteiger charge is 2.43. The van der Waals surface area contributed by atoms with E-state index in [-0.39, 0.29) is 23.6 Å². The summed E-state index contributed by atoms with van der Waals surface area (Å²) in [6.45, 7) is 4.67. The number of nitrogens with one attached hydrogen (secondary N) is 1. The van der Waals surface area contributed by atoms with E-state index in [0.717, 1.165) is 16.5 Å². The van der Waals surface area contributed by atoms with Crippen LogP contribution in [-0.2, 0) is 16.5 Å². The van der Waals surface area contributed by atoms with Crippen LogP contribution in [0.4, 0.5) is 5.95 Å². The molecule has 8 nitrogen and oxygen atoms in total. The Morgan fingerprint density at radius 3 is 2.91 bits per heavy atom. The van der Waals surface area contributed by atoms with Gasteiger partial charge in [0.2, 0.25) is 5.95 Å². The van der Waals surface area contributed by atoms with Crippen molar-refractivity contribution in [3.8, 4) is 11.3 Å². The highest BCUT2D eigenvalue weighted by Crippen LogP contribution is 2.33. The second-order valence-corrected chi connectivity index (χ2v) is 9.15. The van der Waals surface area contributed by atoms with Gasteiger partial charge < -0.3 is 24.5 Å². The van der Waals surface area contributed by atoms with Crippen molar-refractivity contribution in [3.05, 3.63) is 51.5 Å². The van der Waals surface area contributed by atoms with Crippen molar-refractivity contribution >= 4 is 28.3 Å². The summed E-state index contributed by atoms with van der Waals surface area (Å²) in [6, 6.07) is 5.34. The van der Waals surface area contributed by atoms with Crippen molar-refractivity contribution in [2.45, 2.75) is 50.7 Å². The number of pyridine rings is 1. The Morgan fingerprint density at radius 2 is 2.12 bits per heavy atom. The first-order valence-corrected chi connectivity index (χ1v) is 11.1. The third-order valence-electron chi connectivity index (χ3n) is 6.15. The van der Waals surface area contributed by atoms with Crippen LogP contribution in [0.3, 0.4) is 0 Å². The Morgan fingerprint density at radius 1 is 1.31 bits per heavy atom. The van der Waals surface area contributed by atoms with Gasteiger partial charge in [-0.1, -0.05) is 31.5 Å². The number of nitrogens with zero attached hydrogens (tertiary/aromatic N) is 3.